The van der Waals surface area contributed by atoms with Crippen LogP contribution in [0.2, 0.25) is 0 Å². The quantitative estimate of drug-likeness (QED) is 0.827. The van der Waals surface area contributed by atoms with Crippen molar-refractivity contribution in [1.29, 1.82) is 0 Å². The molecule has 0 fully saturated rings. The van der Waals surface area contributed by atoms with Crippen molar-refractivity contribution in [2.24, 2.45) is 0 Å². The number of aliphatic hydroxyl groups is 1. The Balaban J connectivity index is 2.75. The van der Waals surface area contributed by atoms with Gasteiger partial charge in [-0.2, -0.15) is 22.0 Å². The lowest BCUT2D eigenvalue weighted by molar-refractivity contribution is -0.140. The molecule has 0 spiro atoms. The van der Waals surface area contributed by atoms with Crippen molar-refractivity contribution >= 4 is 0 Å². The predicted octanol–water partition coefficient (Wildman–Crippen LogP) is 3.66. The molecule has 2 nitrogen and oxygen atoms in total. The number of alkyl halides is 5. The van der Waals surface area contributed by atoms with E-state index in [0.717, 1.165) is 6.07 Å². The second-order valence-corrected chi connectivity index (χ2v) is 3.59. The van der Waals surface area contributed by atoms with Gasteiger partial charge in [0.1, 0.15) is 5.75 Å². The highest BCUT2D eigenvalue weighted by molar-refractivity contribution is 5.35. The Bertz CT molecular complexity index is 378. The highest BCUT2D eigenvalue weighted by Crippen LogP contribution is 2.32. The predicted molar refractivity (Wildman–Crippen MR) is 53.3 cm³/mol. The standard InChI is InChI=1S/C11H11F5O2/c12-10(13)18-9-4-2-1-3-7(9)8(17)5-6-11(14,15)16/h1-4,8,10,17H,5-6H2. The third-order valence-electron chi connectivity index (χ3n) is 2.20. The molecule has 1 N–H and O–H groups in total. The number of hydrogen-bond donors (Lipinski definition) is 1. The summed E-state index contributed by atoms with van der Waals surface area (Å²) in [6.07, 6.45) is -7.70. The molecule has 0 amide bonds. The molecular formula is C11H11F5O2. The van der Waals surface area contributed by atoms with Crippen LogP contribution in [0, 0.1) is 0 Å². The lowest BCUT2D eigenvalue weighted by Gasteiger charge is -2.16. The first-order valence-corrected chi connectivity index (χ1v) is 5.08. The van der Waals surface area contributed by atoms with Crippen molar-refractivity contribution in [3.05, 3.63) is 29.8 Å². The maximum absolute atomic E-state index is 12.1. The van der Waals surface area contributed by atoms with E-state index in [1.807, 2.05) is 0 Å². The Morgan fingerprint density at radius 3 is 2.33 bits per heavy atom. The van der Waals surface area contributed by atoms with Crippen LogP contribution in [0.25, 0.3) is 0 Å². The number of para-hydroxylation sites is 1. The molecule has 0 saturated carbocycles. The summed E-state index contributed by atoms with van der Waals surface area (Å²) in [6.45, 7) is -3.10. The van der Waals surface area contributed by atoms with Gasteiger partial charge in [0.15, 0.2) is 0 Å². The lowest BCUT2D eigenvalue weighted by atomic mass is 10.0. The maximum Gasteiger partial charge on any atom is 0.389 e. The summed E-state index contributed by atoms with van der Waals surface area (Å²) in [6, 6.07) is 5.22. The number of benzene rings is 1. The van der Waals surface area contributed by atoms with E-state index < -0.39 is 31.7 Å². The minimum Gasteiger partial charge on any atom is -0.434 e. The number of aliphatic hydroxyl groups excluding tert-OH is 1. The first-order chi connectivity index (χ1) is 8.29. The molecular weight excluding hydrogens is 259 g/mol. The Labute approximate surface area is 100.0 Å². The van der Waals surface area contributed by atoms with Crippen LogP contribution < -0.4 is 4.74 Å². The van der Waals surface area contributed by atoms with Crippen molar-refractivity contribution in [3.8, 4) is 5.75 Å². The molecule has 0 heterocycles. The molecule has 1 unspecified atom stereocenters. The van der Waals surface area contributed by atoms with Crippen LogP contribution in [0.4, 0.5) is 22.0 Å². The SMILES string of the molecule is OC(CCC(F)(F)F)c1ccccc1OC(F)F. The minimum atomic E-state index is -4.40. The van der Waals surface area contributed by atoms with Crippen molar-refractivity contribution < 1.29 is 31.8 Å². The zero-order valence-electron chi connectivity index (χ0n) is 9.12. The molecule has 1 atom stereocenters. The Morgan fingerprint density at radius 2 is 1.78 bits per heavy atom. The zero-order valence-corrected chi connectivity index (χ0v) is 9.12. The summed E-state index contributed by atoms with van der Waals surface area (Å²) >= 11 is 0. The van der Waals surface area contributed by atoms with E-state index in [1.165, 1.54) is 18.2 Å². The molecule has 0 aromatic heterocycles. The lowest BCUT2D eigenvalue weighted by Crippen LogP contribution is -2.11. The second-order valence-electron chi connectivity index (χ2n) is 3.59. The van der Waals surface area contributed by atoms with Crippen molar-refractivity contribution in [1.82, 2.24) is 0 Å². The monoisotopic (exact) mass is 270 g/mol. The summed E-state index contributed by atoms with van der Waals surface area (Å²) in [5.74, 6) is -0.317. The fraction of sp³-hybridized carbons (Fsp3) is 0.455. The first-order valence-electron chi connectivity index (χ1n) is 5.08. The van der Waals surface area contributed by atoms with Gasteiger partial charge in [0.05, 0.1) is 6.10 Å². The molecule has 1 rings (SSSR count). The summed E-state index contributed by atoms with van der Waals surface area (Å²) in [5, 5.41) is 9.55. The molecule has 102 valence electrons. The molecule has 1 aromatic carbocycles. The average Bonchev–Trinajstić information content (AvgIpc) is 2.25. The van der Waals surface area contributed by atoms with E-state index in [0.29, 0.717) is 0 Å². The normalized spacial score (nSPS) is 13.7. The van der Waals surface area contributed by atoms with Crippen LogP contribution in [0.3, 0.4) is 0 Å². The number of halogens is 5. The van der Waals surface area contributed by atoms with E-state index in [9.17, 15) is 27.1 Å². The van der Waals surface area contributed by atoms with Gasteiger partial charge in [-0.15, -0.1) is 0 Å². The molecule has 0 bridgehead atoms. The smallest absolute Gasteiger partial charge is 0.389 e. The van der Waals surface area contributed by atoms with Crippen LogP contribution >= 0.6 is 0 Å². The van der Waals surface area contributed by atoms with E-state index in [4.69, 9.17) is 0 Å². The second kappa shape index (κ2) is 5.99. The Hall–Kier alpha value is -1.37. The van der Waals surface area contributed by atoms with Gasteiger partial charge in [-0.25, -0.2) is 0 Å². The fourth-order valence-electron chi connectivity index (χ4n) is 1.42. The van der Waals surface area contributed by atoms with Crippen molar-refractivity contribution in [2.45, 2.75) is 31.7 Å². The number of hydrogen-bond acceptors (Lipinski definition) is 2. The summed E-state index contributed by atoms with van der Waals surface area (Å²) in [4.78, 5) is 0. The number of ether oxygens (including phenoxy) is 1. The van der Waals surface area contributed by atoms with E-state index in [-0.39, 0.29) is 11.3 Å². The average molecular weight is 270 g/mol. The van der Waals surface area contributed by atoms with Crippen LogP contribution in [0.1, 0.15) is 24.5 Å². The van der Waals surface area contributed by atoms with Gasteiger partial charge < -0.3 is 9.84 Å². The summed E-state index contributed by atoms with van der Waals surface area (Å²) in [5.41, 5.74) is -0.0814. The highest BCUT2D eigenvalue weighted by atomic mass is 19.4. The molecule has 0 radical (unpaired) electrons. The molecule has 0 saturated heterocycles. The van der Waals surface area contributed by atoms with Gasteiger partial charge in [0.2, 0.25) is 0 Å². The van der Waals surface area contributed by atoms with Crippen LogP contribution in [0.5, 0.6) is 5.75 Å². The van der Waals surface area contributed by atoms with Gasteiger partial charge in [0.25, 0.3) is 0 Å². The third kappa shape index (κ3) is 4.87. The van der Waals surface area contributed by atoms with Crippen LogP contribution in [-0.4, -0.2) is 17.9 Å². The summed E-state index contributed by atoms with van der Waals surface area (Å²) < 4.78 is 64.2. The van der Waals surface area contributed by atoms with Gasteiger partial charge in [-0.1, -0.05) is 18.2 Å². The molecule has 18 heavy (non-hydrogen) atoms. The van der Waals surface area contributed by atoms with Gasteiger partial charge in [0, 0.05) is 12.0 Å². The van der Waals surface area contributed by atoms with Gasteiger partial charge >= 0.3 is 12.8 Å². The molecule has 0 aliphatic carbocycles. The fourth-order valence-corrected chi connectivity index (χ4v) is 1.42. The topological polar surface area (TPSA) is 29.5 Å². The minimum absolute atomic E-state index is 0.0814. The van der Waals surface area contributed by atoms with Gasteiger partial charge in [-0.3, -0.25) is 0 Å². The molecule has 7 heteroatoms. The largest absolute Gasteiger partial charge is 0.434 e. The van der Waals surface area contributed by atoms with E-state index in [1.54, 1.807) is 0 Å². The summed E-state index contributed by atoms with van der Waals surface area (Å²) in [7, 11) is 0. The first kappa shape index (κ1) is 14.7. The Morgan fingerprint density at radius 1 is 1.17 bits per heavy atom. The maximum atomic E-state index is 12.1. The molecule has 1 aromatic rings. The molecule has 0 aliphatic heterocycles. The van der Waals surface area contributed by atoms with Crippen LogP contribution in [0.15, 0.2) is 24.3 Å². The van der Waals surface area contributed by atoms with Crippen molar-refractivity contribution in [3.63, 3.8) is 0 Å². The van der Waals surface area contributed by atoms with Crippen molar-refractivity contribution in [2.75, 3.05) is 0 Å². The molecule has 0 aliphatic rings. The Kier molecular flexibility index (Phi) is 4.89. The van der Waals surface area contributed by atoms with E-state index in [2.05, 4.69) is 4.74 Å². The number of rotatable bonds is 5. The highest BCUT2D eigenvalue weighted by Gasteiger charge is 2.29. The third-order valence-corrected chi connectivity index (χ3v) is 2.20. The van der Waals surface area contributed by atoms with Crippen LogP contribution in [-0.2, 0) is 0 Å². The van der Waals surface area contributed by atoms with E-state index >= 15 is 0 Å². The van der Waals surface area contributed by atoms with Gasteiger partial charge in [-0.05, 0) is 12.5 Å². The zero-order chi connectivity index (χ0) is 13.8.